The van der Waals surface area contributed by atoms with E-state index in [9.17, 15) is 23.3 Å². The highest BCUT2D eigenvalue weighted by Gasteiger charge is 2.31. The number of nitro benzene ring substituents is 1. The minimum atomic E-state index is -4.50. The third kappa shape index (κ3) is 6.84. The molecule has 1 aliphatic heterocycles. The SMILES string of the molecule is COc1ccc(Cl)cc1N(CC(=O)N/N=C\c1cccc(OC2CSC2)c1)S(=O)(=O)c1ccc(C)c([N+](=O)[O-])c1. The van der Waals surface area contributed by atoms with Crippen molar-refractivity contribution in [2.75, 3.05) is 29.5 Å². The van der Waals surface area contributed by atoms with Crippen molar-refractivity contribution < 1.29 is 27.6 Å². The second-order valence-electron chi connectivity index (χ2n) is 8.68. The van der Waals surface area contributed by atoms with Crippen molar-refractivity contribution in [3.8, 4) is 11.5 Å². The predicted molar refractivity (Wildman–Crippen MR) is 154 cm³/mol. The van der Waals surface area contributed by atoms with Crippen LogP contribution in [0.3, 0.4) is 0 Å². The monoisotopic (exact) mass is 604 g/mol. The number of benzene rings is 3. The number of anilines is 1. The quantitative estimate of drug-likeness (QED) is 0.193. The van der Waals surface area contributed by atoms with Gasteiger partial charge in [-0.3, -0.25) is 19.2 Å². The Morgan fingerprint density at radius 3 is 2.67 bits per heavy atom. The Balaban J connectivity index is 1.60. The molecule has 1 aliphatic rings. The molecule has 40 heavy (non-hydrogen) atoms. The molecule has 14 heteroatoms. The minimum Gasteiger partial charge on any atom is -0.495 e. The van der Waals surface area contributed by atoms with Crippen LogP contribution < -0.4 is 19.2 Å². The number of rotatable bonds is 11. The van der Waals surface area contributed by atoms with Crippen LogP contribution in [0.2, 0.25) is 5.02 Å². The Labute approximate surface area is 240 Å². The fourth-order valence-electron chi connectivity index (χ4n) is 3.72. The molecule has 210 valence electrons. The molecule has 3 aromatic carbocycles. The van der Waals surface area contributed by atoms with Crippen molar-refractivity contribution in [3.05, 3.63) is 86.9 Å². The summed E-state index contributed by atoms with van der Waals surface area (Å²) in [6, 6.07) is 14.9. The number of aryl methyl sites for hydroxylation is 1. The Bertz CT molecular complexity index is 1560. The fourth-order valence-corrected chi connectivity index (χ4v) is 5.89. The zero-order valence-corrected chi connectivity index (χ0v) is 23.8. The molecule has 1 saturated heterocycles. The standard InChI is InChI=1S/C26H25ClN4O7S2/c1-17-6-8-22(12-23(17)31(33)34)40(35,36)30(24-11-19(27)7-9-25(24)37-2)14-26(32)29-28-13-18-4-3-5-20(10-18)38-21-15-39-16-21/h3-13,21H,14-16H2,1-2H3,(H,29,32)/b28-13-. The number of carbonyl (C=O) groups is 1. The number of nitro groups is 1. The van der Waals surface area contributed by atoms with E-state index in [0.717, 1.165) is 21.9 Å². The highest BCUT2D eigenvalue weighted by atomic mass is 35.5. The molecular formula is C26H25ClN4O7S2. The first-order valence-electron chi connectivity index (χ1n) is 11.9. The lowest BCUT2D eigenvalue weighted by molar-refractivity contribution is -0.385. The van der Waals surface area contributed by atoms with Crippen molar-refractivity contribution in [2.45, 2.75) is 17.9 Å². The van der Waals surface area contributed by atoms with E-state index in [-0.39, 0.29) is 38.7 Å². The summed E-state index contributed by atoms with van der Waals surface area (Å²) in [6.45, 7) is 0.770. The van der Waals surface area contributed by atoms with Crippen molar-refractivity contribution in [3.63, 3.8) is 0 Å². The summed E-state index contributed by atoms with van der Waals surface area (Å²) in [5.41, 5.74) is 2.86. The van der Waals surface area contributed by atoms with Crippen molar-refractivity contribution >= 4 is 56.9 Å². The molecule has 0 saturated carbocycles. The van der Waals surface area contributed by atoms with Gasteiger partial charge in [-0.15, -0.1) is 0 Å². The zero-order valence-electron chi connectivity index (χ0n) is 21.4. The van der Waals surface area contributed by atoms with E-state index in [1.165, 1.54) is 50.6 Å². The van der Waals surface area contributed by atoms with Gasteiger partial charge < -0.3 is 9.47 Å². The number of thioether (sulfide) groups is 1. The lowest BCUT2D eigenvalue weighted by Crippen LogP contribution is -2.39. The van der Waals surface area contributed by atoms with Gasteiger partial charge in [0.15, 0.2) is 0 Å². The van der Waals surface area contributed by atoms with Gasteiger partial charge in [0, 0.05) is 28.2 Å². The highest BCUT2D eigenvalue weighted by Crippen LogP contribution is 2.35. The first-order valence-corrected chi connectivity index (χ1v) is 14.8. The smallest absolute Gasteiger partial charge is 0.273 e. The number of nitrogens with one attached hydrogen (secondary N) is 1. The van der Waals surface area contributed by atoms with Crippen LogP contribution in [0, 0.1) is 17.0 Å². The number of halogens is 1. The predicted octanol–water partition coefficient (Wildman–Crippen LogP) is 4.41. The summed E-state index contributed by atoms with van der Waals surface area (Å²) in [5, 5.41) is 15.6. The molecule has 0 spiro atoms. The Morgan fingerprint density at radius 1 is 1.23 bits per heavy atom. The summed E-state index contributed by atoms with van der Waals surface area (Å²) in [4.78, 5) is 23.3. The van der Waals surface area contributed by atoms with Gasteiger partial charge in [-0.1, -0.05) is 29.8 Å². The maximum Gasteiger partial charge on any atom is 0.273 e. The normalized spacial score (nSPS) is 13.5. The molecule has 3 aromatic rings. The lowest BCUT2D eigenvalue weighted by Gasteiger charge is -2.25. The Morgan fingerprint density at radius 2 is 2.00 bits per heavy atom. The van der Waals surface area contributed by atoms with Gasteiger partial charge in [-0.25, -0.2) is 13.8 Å². The molecule has 0 atom stereocenters. The summed E-state index contributed by atoms with van der Waals surface area (Å²) < 4.78 is 39.4. The van der Waals surface area contributed by atoms with Gasteiger partial charge in [-0.2, -0.15) is 16.9 Å². The molecule has 1 heterocycles. The molecular weight excluding hydrogens is 580 g/mol. The van der Waals surface area contributed by atoms with Crippen LogP contribution in [0.4, 0.5) is 11.4 Å². The molecule has 0 aromatic heterocycles. The number of amides is 1. The maximum atomic E-state index is 13.8. The molecule has 1 fully saturated rings. The van der Waals surface area contributed by atoms with Crippen molar-refractivity contribution in [2.24, 2.45) is 5.10 Å². The van der Waals surface area contributed by atoms with Crippen LogP contribution in [0.5, 0.6) is 11.5 Å². The molecule has 0 bridgehead atoms. The van der Waals surface area contributed by atoms with E-state index >= 15 is 0 Å². The molecule has 0 radical (unpaired) electrons. The van der Waals surface area contributed by atoms with Crippen LogP contribution in [0.15, 0.2) is 70.7 Å². The number of nitrogens with zero attached hydrogens (tertiary/aromatic N) is 3. The van der Waals surface area contributed by atoms with E-state index in [2.05, 4.69) is 10.5 Å². The van der Waals surface area contributed by atoms with E-state index < -0.39 is 27.4 Å². The van der Waals surface area contributed by atoms with E-state index in [4.69, 9.17) is 21.1 Å². The summed E-state index contributed by atoms with van der Waals surface area (Å²) in [6.07, 6.45) is 1.57. The summed E-state index contributed by atoms with van der Waals surface area (Å²) in [5.74, 6) is 1.88. The van der Waals surface area contributed by atoms with Crippen LogP contribution in [-0.2, 0) is 14.8 Å². The topological polar surface area (TPSA) is 140 Å². The molecule has 4 rings (SSSR count). The van der Waals surface area contributed by atoms with Crippen LogP contribution in [0.1, 0.15) is 11.1 Å². The first-order chi connectivity index (χ1) is 19.1. The van der Waals surface area contributed by atoms with E-state index in [1.54, 1.807) is 30.0 Å². The zero-order chi connectivity index (χ0) is 28.9. The molecule has 1 N–H and O–H groups in total. The van der Waals surface area contributed by atoms with Gasteiger partial charge in [-0.05, 0) is 48.9 Å². The average Bonchev–Trinajstić information content (AvgIpc) is 2.89. The van der Waals surface area contributed by atoms with Gasteiger partial charge in [0.1, 0.15) is 24.1 Å². The Kier molecular flexibility index (Phi) is 9.17. The third-order valence-corrected chi connectivity index (χ3v) is 9.04. The minimum absolute atomic E-state index is 0.0311. The number of hydrogen-bond donors (Lipinski definition) is 1. The van der Waals surface area contributed by atoms with Crippen LogP contribution >= 0.6 is 23.4 Å². The Hall–Kier alpha value is -3.81. The van der Waals surface area contributed by atoms with Crippen LogP contribution in [-0.4, -0.2) is 56.7 Å². The number of hydrogen-bond acceptors (Lipinski definition) is 9. The molecule has 0 unspecified atom stereocenters. The lowest BCUT2D eigenvalue weighted by atomic mass is 10.2. The number of methoxy groups -OCH3 is 1. The van der Waals surface area contributed by atoms with Gasteiger partial charge in [0.25, 0.3) is 21.6 Å². The second-order valence-corrected chi connectivity index (χ2v) is 12.0. The van der Waals surface area contributed by atoms with E-state index in [0.29, 0.717) is 11.3 Å². The van der Waals surface area contributed by atoms with Gasteiger partial charge in [0.05, 0.1) is 28.8 Å². The molecule has 11 nitrogen and oxygen atoms in total. The molecule has 1 amide bonds. The van der Waals surface area contributed by atoms with Gasteiger partial charge in [0.2, 0.25) is 0 Å². The van der Waals surface area contributed by atoms with Crippen LogP contribution in [0.25, 0.3) is 0 Å². The molecule has 0 aliphatic carbocycles. The number of sulfonamides is 1. The number of carbonyl (C=O) groups excluding carboxylic acids is 1. The average molecular weight is 605 g/mol. The summed E-state index contributed by atoms with van der Waals surface area (Å²) >= 11 is 7.95. The van der Waals surface area contributed by atoms with E-state index in [1.807, 2.05) is 6.07 Å². The largest absolute Gasteiger partial charge is 0.495 e. The number of hydrazone groups is 1. The highest BCUT2D eigenvalue weighted by molar-refractivity contribution is 8.00. The van der Waals surface area contributed by atoms with Gasteiger partial charge >= 0.3 is 0 Å². The number of ether oxygens (including phenoxy) is 2. The maximum absolute atomic E-state index is 13.8. The second kappa shape index (κ2) is 12.6. The summed E-state index contributed by atoms with van der Waals surface area (Å²) in [7, 11) is -3.17. The fraction of sp³-hybridized carbons (Fsp3) is 0.231. The van der Waals surface area contributed by atoms with Crippen molar-refractivity contribution in [1.82, 2.24) is 5.43 Å². The third-order valence-electron chi connectivity index (χ3n) is 5.83. The first kappa shape index (κ1) is 29.2. The van der Waals surface area contributed by atoms with Crippen molar-refractivity contribution in [1.29, 1.82) is 0 Å².